The number of furan rings is 1. The summed E-state index contributed by atoms with van der Waals surface area (Å²) in [5.74, 6) is 1.64. The predicted molar refractivity (Wildman–Crippen MR) is 128 cm³/mol. The molecule has 0 spiro atoms. The van der Waals surface area contributed by atoms with Crippen molar-refractivity contribution in [1.82, 2.24) is 4.90 Å². The van der Waals surface area contributed by atoms with Crippen LogP contribution in [0.2, 0.25) is 10.0 Å². The number of rotatable bonds is 5. The van der Waals surface area contributed by atoms with Gasteiger partial charge < -0.3 is 14.1 Å². The summed E-state index contributed by atoms with van der Waals surface area (Å²) >= 11 is 17.6. The van der Waals surface area contributed by atoms with Gasteiger partial charge in [0, 0.05) is 18.7 Å². The van der Waals surface area contributed by atoms with E-state index in [4.69, 9.17) is 44.6 Å². The fourth-order valence-corrected chi connectivity index (χ4v) is 3.80. The van der Waals surface area contributed by atoms with Crippen LogP contribution >= 0.6 is 35.4 Å². The average molecular weight is 473 g/mol. The van der Waals surface area contributed by atoms with Crippen molar-refractivity contribution < 1.29 is 13.9 Å². The lowest BCUT2D eigenvalue weighted by Crippen LogP contribution is -2.31. The van der Waals surface area contributed by atoms with E-state index in [-0.39, 0.29) is 5.91 Å². The molecule has 3 aromatic rings. The van der Waals surface area contributed by atoms with Crippen molar-refractivity contribution in [1.29, 1.82) is 0 Å². The molecule has 1 amide bonds. The van der Waals surface area contributed by atoms with Crippen molar-refractivity contribution in [3.63, 3.8) is 0 Å². The number of anilines is 1. The van der Waals surface area contributed by atoms with Crippen molar-refractivity contribution in [3.8, 4) is 17.1 Å². The molecule has 8 heteroatoms. The maximum absolute atomic E-state index is 13.1. The van der Waals surface area contributed by atoms with E-state index in [0.29, 0.717) is 44.7 Å². The van der Waals surface area contributed by atoms with Crippen molar-refractivity contribution >= 4 is 58.2 Å². The van der Waals surface area contributed by atoms with Gasteiger partial charge in [0.25, 0.3) is 5.91 Å². The SMILES string of the molecule is CCOc1ccc(N2C(=O)/C(=C/c3ccc(-c4ccc(Cl)c(Cl)c4)o3)N(C)C2=S)cc1. The topological polar surface area (TPSA) is 45.9 Å². The molecule has 1 aliphatic heterocycles. The lowest BCUT2D eigenvalue weighted by molar-refractivity contribution is -0.114. The van der Waals surface area contributed by atoms with E-state index < -0.39 is 0 Å². The fraction of sp³-hybridized carbons (Fsp3) is 0.130. The number of likely N-dealkylation sites (N-methyl/N-ethyl adjacent to an activating group) is 1. The Hall–Kier alpha value is -2.80. The van der Waals surface area contributed by atoms with Crippen LogP contribution in [-0.4, -0.2) is 29.6 Å². The number of halogens is 2. The molecule has 0 unspecified atom stereocenters. The summed E-state index contributed by atoms with van der Waals surface area (Å²) in [4.78, 5) is 16.3. The molecule has 0 saturated carbocycles. The minimum Gasteiger partial charge on any atom is -0.494 e. The molecule has 0 aliphatic carbocycles. The van der Waals surface area contributed by atoms with E-state index in [2.05, 4.69) is 0 Å². The molecule has 2 aromatic carbocycles. The molecular weight excluding hydrogens is 455 g/mol. The van der Waals surface area contributed by atoms with Gasteiger partial charge in [0.05, 0.1) is 22.3 Å². The third-order valence-corrected chi connectivity index (χ3v) is 5.97. The number of amides is 1. The van der Waals surface area contributed by atoms with Crippen LogP contribution in [0.4, 0.5) is 5.69 Å². The molecule has 0 bridgehead atoms. The molecule has 1 aromatic heterocycles. The van der Waals surface area contributed by atoms with Crippen molar-refractivity contribution in [2.75, 3.05) is 18.6 Å². The zero-order valence-corrected chi connectivity index (χ0v) is 19.1. The highest BCUT2D eigenvalue weighted by molar-refractivity contribution is 7.80. The van der Waals surface area contributed by atoms with Gasteiger partial charge in [0.1, 0.15) is 23.0 Å². The minimum absolute atomic E-state index is 0.232. The molecule has 0 atom stereocenters. The molecule has 5 nitrogen and oxygen atoms in total. The number of nitrogens with zero attached hydrogens (tertiary/aromatic N) is 2. The van der Waals surface area contributed by atoms with Crippen LogP contribution in [0.1, 0.15) is 12.7 Å². The zero-order chi connectivity index (χ0) is 22.1. The van der Waals surface area contributed by atoms with Crippen LogP contribution in [-0.2, 0) is 4.79 Å². The Kier molecular flexibility index (Phi) is 6.05. The summed E-state index contributed by atoms with van der Waals surface area (Å²) in [5.41, 5.74) is 1.87. The molecule has 0 radical (unpaired) electrons. The highest BCUT2D eigenvalue weighted by Crippen LogP contribution is 2.32. The van der Waals surface area contributed by atoms with Gasteiger partial charge in [0.15, 0.2) is 5.11 Å². The standard InChI is InChI=1S/C23H18Cl2N2O3S/c1-3-29-16-7-5-15(6-8-16)27-22(28)20(26(2)23(27)31)13-17-9-11-21(30-17)14-4-10-18(24)19(25)12-14/h4-13H,3H2,1-2H3/b20-13-. The smallest absolute Gasteiger partial charge is 0.281 e. The van der Waals surface area contributed by atoms with E-state index >= 15 is 0 Å². The summed E-state index contributed by atoms with van der Waals surface area (Å²) in [6.45, 7) is 2.49. The van der Waals surface area contributed by atoms with Gasteiger partial charge in [-0.1, -0.05) is 23.2 Å². The van der Waals surface area contributed by atoms with Crippen LogP contribution in [0.15, 0.2) is 64.7 Å². The molecule has 0 N–H and O–H groups in total. The van der Waals surface area contributed by atoms with Gasteiger partial charge in [-0.15, -0.1) is 0 Å². The maximum Gasteiger partial charge on any atom is 0.281 e. The van der Waals surface area contributed by atoms with E-state index in [9.17, 15) is 4.79 Å². The summed E-state index contributed by atoms with van der Waals surface area (Å²) in [5, 5.41) is 1.30. The van der Waals surface area contributed by atoms with Crippen molar-refractivity contribution in [2.45, 2.75) is 6.92 Å². The number of benzene rings is 2. The first-order valence-electron chi connectivity index (χ1n) is 9.51. The van der Waals surface area contributed by atoms with E-state index in [1.54, 1.807) is 48.4 Å². The Labute approximate surface area is 195 Å². The maximum atomic E-state index is 13.1. The third kappa shape index (κ3) is 4.19. The second-order valence-corrected chi connectivity index (χ2v) is 7.95. The van der Waals surface area contributed by atoms with Gasteiger partial charge in [-0.05, 0) is 73.7 Å². The Morgan fingerprint density at radius 2 is 1.81 bits per heavy atom. The molecule has 1 aliphatic rings. The van der Waals surface area contributed by atoms with Crippen LogP contribution in [0, 0.1) is 0 Å². The second kappa shape index (κ2) is 8.75. The first-order valence-corrected chi connectivity index (χ1v) is 10.7. The number of thiocarbonyl (C=S) groups is 1. The molecule has 2 heterocycles. The third-order valence-electron chi connectivity index (χ3n) is 4.78. The number of carbonyl (C=O) groups is 1. The average Bonchev–Trinajstić information content (AvgIpc) is 3.30. The monoisotopic (exact) mass is 472 g/mol. The van der Waals surface area contributed by atoms with Crippen molar-refractivity contribution in [2.24, 2.45) is 0 Å². The highest BCUT2D eigenvalue weighted by atomic mass is 35.5. The van der Waals surface area contributed by atoms with Gasteiger partial charge in [-0.25, -0.2) is 0 Å². The molecule has 4 rings (SSSR count). The summed E-state index contributed by atoms with van der Waals surface area (Å²) < 4.78 is 11.4. The lowest BCUT2D eigenvalue weighted by atomic mass is 10.2. The number of carbonyl (C=O) groups excluding carboxylic acids is 1. The van der Waals surface area contributed by atoms with E-state index in [1.807, 2.05) is 31.2 Å². The highest BCUT2D eigenvalue weighted by Gasteiger charge is 2.37. The van der Waals surface area contributed by atoms with E-state index in [1.165, 1.54) is 4.90 Å². The molecule has 1 saturated heterocycles. The van der Waals surface area contributed by atoms with Gasteiger partial charge >= 0.3 is 0 Å². The van der Waals surface area contributed by atoms with Gasteiger partial charge in [-0.3, -0.25) is 9.69 Å². The quantitative estimate of drug-likeness (QED) is 0.324. The second-order valence-electron chi connectivity index (χ2n) is 6.77. The van der Waals surface area contributed by atoms with Crippen LogP contribution in [0.5, 0.6) is 5.75 Å². The summed E-state index contributed by atoms with van der Waals surface area (Å²) in [6, 6.07) is 16.1. The van der Waals surface area contributed by atoms with E-state index in [0.717, 1.165) is 11.3 Å². The number of ether oxygens (including phenoxy) is 1. The number of hydrogen-bond donors (Lipinski definition) is 0. The number of hydrogen-bond acceptors (Lipinski definition) is 4. The largest absolute Gasteiger partial charge is 0.494 e. The molecule has 1 fully saturated rings. The lowest BCUT2D eigenvalue weighted by Gasteiger charge is -2.16. The minimum atomic E-state index is -0.232. The molecule has 158 valence electrons. The predicted octanol–water partition coefficient (Wildman–Crippen LogP) is 6.26. The Balaban J connectivity index is 1.61. The Bertz CT molecular complexity index is 1190. The first kappa shape index (κ1) is 21.4. The Morgan fingerprint density at radius 3 is 2.48 bits per heavy atom. The summed E-state index contributed by atoms with van der Waals surface area (Å²) in [7, 11) is 1.75. The Morgan fingerprint density at radius 1 is 1.06 bits per heavy atom. The van der Waals surface area contributed by atoms with Crippen LogP contribution < -0.4 is 9.64 Å². The molecule has 31 heavy (non-hydrogen) atoms. The fourth-order valence-electron chi connectivity index (χ4n) is 3.21. The van der Waals surface area contributed by atoms with Crippen LogP contribution in [0.3, 0.4) is 0 Å². The van der Waals surface area contributed by atoms with Gasteiger partial charge in [0.2, 0.25) is 0 Å². The normalized spacial score (nSPS) is 15.3. The zero-order valence-electron chi connectivity index (χ0n) is 16.8. The van der Waals surface area contributed by atoms with Crippen LogP contribution in [0.25, 0.3) is 17.4 Å². The van der Waals surface area contributed by atoms with Crippen molar-refractivity contribution in [3.05, 3.63) is 76.1 Å². The molecular formula is C23H18Cl2N2O3S. The summed E-state index contributed by atoms with van der Waals surface area (Å²) in [6.07, 6.45) is 1.67. The first-order chi connectivity index (χ1) is 14.9. The van der Waals surface area contributed by atoms with Gasteiger partial charge in [-0.2, -0.15) is 0 Å².